The van der Waals surface area contributed by atoms with Crippen LogP contribution in [0.2, 0.25) is 0 Å². The van der Waals surface area contributed by atoms with Crippen molar-refractivity contribution in [2.24, 2.45) is 17.8 Å². The highest BCUT2D eigenvalue weighted by atomic mass is 79.9. The number of carbonyl (C=O) groups is 2. The van der Waals surface area contributed by atoms with Gasteiger partial charge in [0, 0.05) is 55.2 Å². The van der Waals surface area contributed by atoms with Crippen molar-refractivity contribution >= 4 is 43.5 Å². The SMILES string of the molecule is CCC(=O)N1CCc2cc(Br)c(S(=O)(=O)N3CCC(C(=O)N4CC(C)CC(C)C4)CC3)cc21. The van der Waals surface area contributed by atoms with Gasteiger partial charge in [-0.15, -0.1) is 0 Å². The largest absolute Gasteiger partial charge is 0.342 e. The molecule has 0 bridgehead atoms. The summed E-state index contributed by atoms with van der Waals surface area (Å²) in [7, 11) is -3.74. The van der Waals surface area contributed by atoms with Crippen molar-refractivity contribution in [3.8, 4) is 0 Å². The predicted molar refractivity (Wildman–Crippen MR) is 131 cm³/mol. The molecule has 3 heterocycles. The summed E-state index contributed by atoms with van der Waals surface area (Å²) in [5.74, 6) is 1.08. The summed E-state index contributed by atoms with van der Waals surface area (Å²) < 4.78 is 29.1. The van der Waals surface area contributed by atoms with Gasteiger partial charge in [-0.25, -0.2) is 8.42 Å². The molecule has 2 saturated heterocycles. The number of benzene rings is 1. The van der Waals surface area contributed by atoms with Crippen LogP contribution in [0.15, 0.2) is 21.5 Å². The summed E-state index contributed by atoms with van der Waals surface area (Å²) in [6, 6.07) is 3.48. The number of hydrogen-bond acceptors (Lipinski definition) is 4. The van der Waals surface area contributed by atoms with Crippen molar-refractivity contribution < 1.29 is 18.0 Å². The molecule has 0 saturated carbocycles. The number of rotatable bonds is 4. The van der Waals surface area contributed by atoms with Crippen LogP contribution < -0.4 is 4.90 Å². The minimum Gasteiger partial charge on any atom is -0.342 e. The number of nitrogens with zero attached hydrogens (tertiary/aromatic N) is 3. The lowest BCUT2D eigenvalue weighted by atomic mass is 9.89. The number of carbonyl (C=O) groups excluding carboxylic acids is 2. The average molecular weight is 541 g/mol. The Balaban J connectivity index is 1.48. The van der Waals surface area contributed by atoms with E-state index in [1.54, 1.807) is 11.0 Å². The highest BCUT2D eigenvalue weighted by Gasteiger charge is 2.37. The molecule has 0 N–H and O–H groups in total. The lowest BCUT2D eigenvalue weighted by Crippen LogP contribution is -2.48. The highest BCUT2D eigenvalue weighted by molar-refractivity contribution is 9.10. The standard InChI is InChI=1S/C24H34BrN3O4S/c1-4-23(29)28-10-7-19-12-20(25)22(13-21(19)28)33(31,32)27-8-5-18(6-9-27)24(30)26-14-16(2)11-17(3)15-26/h12-13,16-18H,4-11,14-15H2,1-3H3. The van der Waals surface area contributed by atoms with Crippen molar-refractivity contribution in [1.82, 2.24) is 9.21 Å². The second-order valence-corrected chi connectivity index (χ2v) is 12.7. The third-order valence-electron chi connectivity index (χ3n) is 7.23. The van der Waals surface area contributed by atoms with Crippen LogP contribution in [-0.2, 0) is 26.0 Å². The zero-order valence-electron chi connectivity index (χ0n) is 19.7. The van der Waals surface area contributed by atoms with E-state index in [1.807, 2.05) is 17.9 Å². The molecule has 33 heavy (non-hydrogen) atoms. The molecule has 2 unspecified atom stereocenters. The number of amides is 2. The van der Waals surface area contributed by atoms with Gasteiger partial charge in [-0.2, -0.15) is 4.31 Å². The number of hydrogen-bond donors (Lipinski definition) is 0. The maximum atomic E-state index is 13.5. The van der Waals surface area contributed by atoms with Crippen molar-refractivity contribution in [2.45, 2.75) is 57.8 Å². The lowest BCUT2D eigenvalue weighted by molar-refractivity contribution is -0.139. The maximum absolute atomic E-state index is 13.5. The van der Waals surface area contributed by atoms with E-state index in [9.17, 15) is 18.0 Å². The number of halogens is 1. The second-order valence-electron chi connectivity index (χ2n) is 9.93. The van der Waals surface area contributed by atoms with Crippen LogP contribution in [0.4, 0.5) is 5.69 Å². The number of anilines is 1. The van der Waals surface area contributed by atoms with E-state index >= 15 is 0 Å². The molecule has 7 nitrogen and oxygen atoms in total. The first kappa shape index (κ1) is 24.7. The van der Waals surface area contributed by atoms with E-state index < -0.39 is 10.0 Å². The topological polar surface area (TPSA) is 78.0 Å². The minimum absolute atomic E-state index is 0.0000894. The Bertz CT molecular complexity index is 1030. The summed E-state index contributed by atoms with van der Waals surface area (Å²) in [4.78, 5) is 29.3. The van der Waals surface area contributed by atoms with Crippen molar-refractivity contribution in [2.75, 3.05) is 37.6 Å². The van der Waals surface area contributed by atoms with E-state index in [-0.39, 0.29) is 22.6 Å². The summed E-state index contributed by atoms with van der Waals surface area (Å²) >= 11 is 3.45. The molecule has 9 heteroatoms. The average Bonchev–Trinajstić information content (AvgIpc) is 3.19. The molecule has 0 radical (unpaired) electrons. The Kier molecular flexibility index (Phi) is 7.22. The van der Waals surface area contributed by atoms with Gasteiger partial charge < -0.3 is 9.80 Å². The van der Waals surface area contributed by atoms with Gasteiger partial charge in [0.1, 0.15) is 0 Å². The molecular formula is C24H34BrN3O4S. The lowest BCUT2D eigenvalue weighted by Gasteiger charge is -2.39. The van der Waals surface area contributed by atoms with Crippen molar-refractivity contribution in [3.63, 3.8) is 0 Å². The van der Waals surface area contributed by atoms with E-state index in [0.717, 1.165) is 31.5 Å². The normalized spacial score (nSPS) is 24.7. The van der Waals surface area contributed by atoms with Crippen molar-refractivity contribution in [3.05, 3.63) is 22.2 Å². The summed E-state index contributed by atoms with van der Waals surface area (Å²) in [5, 5.41) is 0. The first-order valence-electron chi connectivity index (χ1n) is 12.0. The number of piperidine rings is 2. The van der Waals surface area contributed by atoms with Gasteiger partial charge in [0.15, 0.2) is 0 Å². The molecule has 3 aliphatic rings. The van der Waals surface area contributed by atoms with Crippen LogP contribution in [0.5, 0.6) is 0 Å². The molecule has 1 aromatic rings. The van der Waals surface area contributed by atoms with Gasteiger partial charge in [-0.1, -0.05) is 20.8 Å². The van der Waals surface area contributed by atoms with E-state index in [2.05, 4.69) is 29.8 Å². The summed E-state index contributed by atoms with van der Waals surface area (Å²) in [5.41, 5.74) is 1.68. The predicted octanol–water partition coefficient (Wildman–Crippen LogP) is 3.65. The highest BCUT2D eigenvalue weighted by Crippen LogP contribution is 2.38. The van der Waals surface area contributed by atoms with Gasteiger partial charge in [-0.3, -0.25) is 9.59 Å². The van der Waals surface area contributed by atoms with Crippen LogP contribution in [-0.4, -0.2) is 62.2 Å². The first-order valence-corrected chi connectivity index (χ1v) is 14.3. The van der Waals surface area contributed by atoms with Gasteiger partial charge in [0.05, 0.1) is 4.90 Å². The zero-order chi connectivity index (χ0) is 23.9. The summed E-state index contributed by atoms with van der Waals surface area (Å²) in [6.07, 6.45) is 3.34. The van der Waals surface area contributed by atoms with Gasteiger partial charge in [-0.05, 0) is 71.1 Å². The Hall–Kier alpha value is -1.45. The Morgan fingerprint density at radius 2 is 1.70 bits per heavy atom. The van der Waals surface area contributed by atoms with Crippen LogP contribution in [0.3, 0.4) is 0 Å². The van der Waals surface area contributed by atoms with E-state index in [4.69, 9.17) is 0 Å². The third kappa shape index (κ3) is 4.86. The molecule has 4 rings (SSSR count). The van der Waals surface area contributed by atoms with Crippen LogP contribution in [0.25, 0.3) is 0 Å². The smallest absolute Gasteiger partial charge is 0.244 e. The fourth-order valence-corrected chi connectivity index (χ4v) is 8.16. The number of sulfonamides is 1. The van der Waals surface area contributed by atoms with Gasteiger partial charge in [0.25, 0.3) is 0 Å². The van der Waals surface area contributed by atoms with Gasteiger partial charge >= 0.3 is 0 Å². The third-order valence-corrected chi connectivity index (χ3v) is 10.1. The first-order chi connectivity index (χ1) is 15.6. The minimum atomic E-state index is -3.74. The van der Waals surface area contributed by atoms with E-state index in [1.165, 1.54) is 4.31 Å². The van der Waals surface area contributed by atoms with Crippen LogP contribution in [0, 0.1) is 17.8 Å². The molecule has 2 fully saturated rings. The molecule has 0 spiro atoms. The zero-order valence-corrected chi connectivity index (χ0v) is 22.1. The molecule has 3 aliphatic heterocycles. The second kappa shape index (κ2) is 9.66. The molecule has 2 amide bonds. The maximum Gasteiger partial charge on any atom is 0.244 e. The fourth-order valence-electron chi connectivity index (χ4n) is 5.62. The fraction of sp³-hybridized carbons (Fsp3) is 0.667. The summed E-state index contributed by atoms with van der Waals surface area (Å²) in [6.45, 7) is 9.04. The molecular weight excluding hydrogens is 506 g/mol. The molecule has 1 aromatic carbocycles. The molecule has 0 aromatic heterocycles. The monoisotopic (exact) mass is 539 g/mol. The van der Waals surface area contributed by atoms with Crippen LogP contribution >= 0.6 is 15.9 Å². The number of fused-ring (bicyclic) bond motifs is 1. The molecule has 2 atom stereocenters. The Labute approximate surface area is 205 Å². The van der Waals surface area contributed by atoms with Crippen LogP contribution in [0.1, 0.15) is 52.0 Å². The van der Waals surface area contributed by atoms with Gasteiger partial charge in [0.2, 0.25) is 21.8 Å². The molecule has 182 valence electrons. The molecule has 0 aliphatic carbocycles. The number of likely N-dealkylation sites (tertiary alicyclic amines) is 1. The van der Waals surface area contributed by atoms with Crippen molar-refractivity contribution in [1.29, 1.82) is 0 Å². The Morgan fingerprint density at radius 3 is 2.30 bits per heavy atom. The van der Waals surface area contributed by atoms with E-state index in [0.29, 0.717) is 60.9 Å². The Morgan fingerprint density at radius 1 is 1.06 bits per heavy atom. The quantitative estimate of drug-likeness (QED) is 0.584.